The summed E-state index contributed by atoms with van der Waals surface area (Å²) in [7, 11) is 0. The normalized spacial score (nSPS) is 10.2. The van der Waals surface area contributed by atoms with Gasteiger partial charge in [-0.3, -0.25) is 0 Å². The van der Waals surface area contributed by atoms with Crippen LogP contribution in [-0.2, 0) is 4.74 Å². The number of aromatic nitrogens is 1. The van der Waals surface area contributed by atoms with Gasteiger partial charge in [0.1, 0.15) is 5.82 Å². The third-order valence-electron chi connectivity index (χ3n) is 1.93. The Morgan fingerprint density at radius 2 is 2.38 bits per heavy atom. The topological polar surface area (TPSA) is 34.1 Å². The van der Waals surface area contributed by atoms with Crippen LogP contribution in [0.15, 0.2) is 28.9 Å². The summed E-state index contributed by atoms with van der Waals surface area (Å²) in [5.41, 5.74) is 2.16. The van der Waals surface area contributed by atoms with Crippen molar-refractivity contribution in [3.8, 4) is 0 Å². The van der Waals surface area contributed by atoms with Crippen LogP contribution in [0.3, 0.4) is 0 Å². The van der Waals surface area contributed by atoms with Crippen LogP contribution in [0.1, 0.15) is 12.5 Å². The Labute approximate surface area is 105 Å². The SMILES string of the molecule is C=C(C)COCCNc1ncc(Br)cc1C. The molecule has 4 heteroatoms. The molecule has 0 saturated carbocycles. The van der Waals surface area contributed by atoms with Crippen LogP contribution >= 0.6 is 15.9 Å². The van der Waals surface area contributed by atoms with Gasteiger partial charge in [0.05, 0.1) is 13.2 Å². The Hall–Kier alpha value is -0.870. The molecule has 0 aliphatic carbocycles. The maximum atomic E-state index is 5.38. The van der Waals surface area contributed by atoms with E-state index in [1.54, 1.807) is 6.20 Å². The molecule has 0 saturated heterocycles. The molecule has 0 aliphatic rings. The van der Waals surface area contributed by atoms with Crippen molar-refractivity contribution in [1.82, 2.24) is 4.98 Å². The Bertz CT molecular complexity index is 366. The first-order chi connectivity index (χ1) is 7.59. The van der Waals surface area contributed by atoms with Gasteiger partial charge in [0.2, 0.25) is 0 Å². The number of hydrogen-bond acceptors (Lipinski definition) is 3. The number of hydrogen-bond donors (Lipinski definition) is 1. The van der Waals surface area contributed by atoms with Crippen LogP contribution in [0.2, 0.25) is 0 Å². The third-order valence-corrected chi connectivity index (χ3v) is 2.37. The van der Waals surface area contributed by atoms with E-state index in [9.17, 15) is 0 Å². The number of halogens is 1. The van der Waals surface area contributed by atoms with E-state index >= 15 is 0 Å². The molecule has 1 rings (SSSR count). The summed E-state index contributed by atoms with van der Waals surface area (Å²) in [4.78, 5) is 4.28. The Morgan fingerprint density at radius 1 is 1.62 bits per heavy atom. The lowest BCUT2D eigenvalue weighted by molar-refractivity contribution is 0.167. The summed E-state index contributed by atoms with van der Waals surface area (Å²) in [5.74, 6) is 0.905. The van der Waals surface area contributed by atoms with Crippen LogP contribution < -0.4 is 5.32 Å². The van der Waals surface area contributed by atoms with Crippen molar-refractivity contribution in [2.45, 2.75) is 13.8 Å². The highest BCUT2D eigenvalue weighted by atomic mass is 79.9. The minimum Gasteiger partial charge on any atom is -0.375 e. The maximum Gasteiger partial charge on any atom is 0.128 e. The fourth-order valence-corrected chi connectivity index (χ4v) is 1.66. The van der Waals surface area contributed by atoms with E-state index in [1.165, 1.54) is 0 Å². The van der Waals surface area contributed by atoms with Crippen molar-refractivity contribution in [3.05, 3.63) is 34.5 Å². The summed E-state index contributed by atoms with van der Waals surface area (Å²) in [6.45, 7) is 9.78. The second-order valence-electron chi connectivity index (χ2n) is 3.76. The van der Waals surface area contributed by atoms with E-state index in [4.69, 9.17) is 4.74 Å². The fourth-order valence-electron chi connectivity index (χ4n) is 1.21. The van der Waals surface area contributed by atoms with Crippen LogP contribution in [0.4, 0.5) is 5.82 Å². The van der Waals surface area contributed by atoms with E-state index < -0.39 is 0 Å². The number of anilines is 1. The summed E-state index contributed by atoms with van der Waals surface area (Å²) in [5, 5.41) is 3.23. The average Bonchev–Trinajstić information content (AvgIpc) is 2.20. The number of nitrogens with one attached hydrogen (secondary N) is 1. The van der Waals surface area contributed by atoms with E-state index in [2.05, 4.69) is 32.8 Å². The van der Waals surface area contributed by atoms with Crippen LogP contribution in [0.25, 0.3) is 0 Å². The average molecular weight is 285 g/mol. The first-order valence-corrected chi connectivity index (χ1v) is 5.97. The second-order valence-corrected chi connectivity index (χ2v) is 4.67. The zero-order valence-corrected chi connectivity index (χ0v) is 11.3. The Balaban J connectivity index is 2.29. The molecular weight excluding hydrogens is 268 g/mol. The first-order valence-electron chi connectivity index (χ1n) is 5.17. The van der Waals surface area contributed by atoms with E-state index in [1.807, 2.05) is 19.9 Å². The molecule has 0 aromatic carbocycles. The first kappa shape index (κ1) is 13.2. The summed E-state index contributed by atoms with van der Waals surface area (Å²) in [6, 6.07) is 2.03. The number of ether oxygens (including phenoxy) is 1. The highest BCUT2D eigenvalue weighted by molar-refractivity contribution is 9.10. The summed E-state index contributed by atoms with van der Waals surface area (Å²) in [6.07, 6.45) is 1.78. The molecule has 0 unspecified atom stereocenters. The van der Waals surface area contributed by atoms with Gasteiger partial charge in [-0.1, -0.05) is 12.2 Å². The predicted molar refractivity (Wildman–Crippen MR) is 70.8 cm³/mol. The number of nitrogens with zero attached hydrogens (tertiary/aromatic N) is 1. The molecule has 0 aliphatic heterocycles. The monoisotopic (exact) mass is 284 g/mol. The highest BCUT2D eigenvalue weighted by Crippen LogP contribution is 2.16. The van der Waals surface area contributed by atoms with Crippen molar-refractivity contribution >= 4 is 21.7 Å². The molecule has 0 fully saturated rings. The van der Waals surface area contributed by atoms with E-state index in [0.29, 0.717) is 13.2 Å². The standard InChI is InChI=1S/C12H17BrN2O/c1-9(2)8-16-5-4-14-12-10(3)6-11(13)7-15-12/h6-7H,1,4-5,8H2,2-3H3,(H,14,15). The molecule has 1 aromatic heterocycles. The minimum atomic E-state index is 0.619. The Kier molecular flexibility index (Phi) is 5.49. The second kappa shape index (κ2) is 6.66. The smallest absolute Gasteiger partial charge is 0.128 e. The van der Waals surface area contributed by atoms with Crippen LogP contribution in [0.5, 0.6) is 0 Å². The van der Waals surface area contributed by atoms with Gasteiger partial charge in [-0.2, -0.15) is 0 Å². The van der Waals surface area contributed by atoms with Gasteiger partial charge in [-0.25, -0.2) is 4.98 Å². The van der Waals surface area contributed by atoms with Crippen LogP contribution in [-0.4, -0.2) is 24.7 Å². The fraction of sp³-hybridized carbons (Fsp3) is 0.417. The van der Waals surface area contributed by atoms with Crippen molar-refractivity contribution in [3.63, 3.8) is 0 Å². The lowest BCUT2D eigenvalue weighted by Gasteiger charge is -2.09. The number of rotatable bonds is 6. The molecule has 1 aromatic rings. The molecule has 0 bridgehead atoms. The van der Waals surface area contributed by atoms with Gasteiger partial charge in [-0.05, 0) is 41.4 Å². The van der Waals surface area contributed by atoms with Gasteiger partial charge < -0.3 is 10.1 Å². The minimum absolute atomic E-state index is 0.619. The zero-order chi connectivity index (χ0) is 12.0. The molecule has 0 amide bonds. The quantitative estimate of drug-likeness (QED) is 0.644. The maximum absolute atomic E-state index is 5.38. The van der Waals surface area contributed by atoms with Crippen LogP contribution in [0, 0.1) is 6.92 Å². The molecule has 1 heterocycles. The molecule has 3 nitrogen and oxygen atoms in total. The van der Waals surface area contributed by atoms with Crippen molar-refractivity contribution in [1.29, 1.82) is 0 Å². The largest absolute Gasteiger partial charge is 0.375 e. The van der Waals surface area contributed by atoms with Gasteiger partial charge in [0.25, 0.3) is 0 Å². The van der Waals surface area contributed by atoms with Crippen molar-refractivity contribution in [2.75, 3.05) is 25.1 Å². The Morgan fingerprint density at radius 3 is 3.00 bits per heavy atom. The van der Waals surface area contributed by atoms with Crippen molar-refractivity contribution in [2.24, 2.45) is 0 Å². The number of pyridine rings is 1. The highest BCUT2D eigenvalue weighted by Gasteiger charge is 1.99. The van der Waals surface area contributed by atoms with E-state index in [0.717, 1.165) is 28.0 Å². The van der Waals surface area contributed by atoms with Gasteiger partial charge in [0.15, 0.2) is 0 Å². The lowest BCUT2D eigenvalue weighted by Crippen LogP contribution is -2.11. The summed E-state index contributed by atoms with van der Waals surface area (Å²) < 4.78 is 6.38. The third kappa shape index (κ3) is 4.77. The molecule has 1 N–H and O–H groups in total. The van der Waals surface area contributed by atoms with Crippen molar-refractivity contribution < 1.29 is 4.74 Å². The van der Waals surface area contributed by atoms with Gasteiger partial charge in [0, 0.05) is 17.2 Å². The molecule has 0 radical (unpaired) electrons. The molecule has 0 spiro atoms. The van der Waals surface area contributed by atoms with Gasteiger partial charge in [-0.15, -0.1) is 0 Å². The van der Waals surface area contributed by atoms with Gasteiger partial charge >= 0.3 is 0 Å². The summed E-state index contributed by atoms with van der Waals surface area (Å²) >= 11 is 3.38. The molecule has 0 atom stereocenters. The molecule has 88 valence electrons. The number of aryl methyl sites for hydroxylation is 1. The zero-order valence-electron chi connectivity index (χ0n) is 9.72. The predicted octanol–water partition coefficient (Wildman–Crippen LogP) is 3.16. The van der Waals surface area contributed by atoms with E-state index in [-0.39, 0.29) is 0 Å². The lowest BCUT2D eigenvalue weighted by atomic mass is 10.3. The molecular formula is C12H17BrN2O. The molecule has 16 heavy (non-hydrogen) atoms.